The first kappa shape index (κ1) is 16.2. The van der Waals surface area contributed by atoms with Gasteiger partial charge in [-0.05, 0) is 49.1 Å². The van der Waals surface area contributed by atoms with Gasteiger partial charge in [-0.1, -0.05) is 6.07 Å². The fraction of sp³-hybridized carbons (Fsp3) is 0.250. The van der Waals surface area contributed by atoms with Crippen molar-refractivity contribution in [2.75, 3.05) is 5.32 Å². The van der Waals surface area contributed by atoms with Crippen molar-refractivity contribution >= 4 is 28.9 Å². The highest BCUT2D eigenvalue weighted by Crippen LogP contribution is 2.12. The molecule has 1 atom stereocenters. The molecule has 0 saturated carbocycles. The zero-order chi connectivity index (χ0) is 15.9. The van der Waals surface area contributed by atoms with Crippen LogP contribution in [0.5, 0.6) is 0 Å². The van der Waals surface area contributed by atoms with Crippen LogP contribution in [0.15, 0.2) is 41.8 Å². The van der Waals surface area contributed by atoms with Gasteiger partial charge in [0.25, 0.3) is 5.91 Å². The summed E-state index contributed by atoms with van der Waals surface area (Å²) in [5.41, 5.74) is 0.452. The van der Waals surface area contributed by atoms with Gasteiger partial charge in [-0.2, -0.15) is 0 Å². The smallest absolute Gasteiger partial charge is 0.306 e. The van der Waals surface area contributed by atoms with Gasteiger partial charge in [-0.3, -0.25) is 9.59 Å². The van der Waals surface area contributed by atoms with Crippen LogP contribution in [0.1, 0.15) is 18.2 Å². The largest absolute Gasteiger partial charge is 0.453 e. The SMILES string of the molecule is C[C@@H](OC(=O)CCc1cccs1)C(=O)Nc1ccc(F)cc1. The predicted molar refractivity (Wildman–Crippen MR) is 83.2 cm³/mol. The first-order valence-electron chi connectivity index (χ1n) is 6.83. The average molecular weight is 321 g/mol. The number of carbonyl (C=O) groups is 2. The van der Waals surface area contributed by atoms with Crippen molar-refractivity contribution in [2.45, 2.75) is 25.9 Å². The summed E-state index contributed by atoms with van der Waals surface area (Å²) in [7, 11) is 0. The van der Waals surface area contributed by atoms with Crippen LogP contribution in [0.3, 0.4) is 0 Å². The van der Waals surface area contributed by atoms with E-state index in [0.717, 1.165) is 4.88 Å². The van der Waals surface area contributed by atoms with Gasteiger partial charge >= 0.3 is 5.97 Å². The molecule has 4 nitrogen and oxygen atoms in total. The summed E-state index contributed by atoms with van der Waals surface area (Å²) in [5.74, 6) is -1.25. The molecule has 0 bridgehead atoms. The summed E-state index contributed by atoms with van der Waals surface area (Å²) < 4.78 is 17.9. The second kappa shape index (κ2) is 7.70. The maximum Gasteiger partial charge on any atom is 0.306 e. The molecule has 1 aromatic carbocycles. The van der Waals surface area contributed by atoms with Gasteiger partial charge in [0.1, 0.15) is 5.82 Å². The van der Waals surface area contributed by atoms with Crippen LogP contribution in [-0.4, -0.2) is 18.0 Å². The van der Waals surface area contributed by atoms with E-state index in [-0.39, 0.29) is 12.2 Å². The zero-order valence-corrected chi connectivity index (χ0v) is 12.9. The van der Waals surface area contributed by atoms with Crippen LogP contribution in [0.4, 0.5) is 10.1 Å². The fourth-order valence-electron chi connectivity index (χ4n) is 1.77. The van der Waals surface area contributed by atoms with E-state index in [9.17, 15) is 14.0 Å². The monoisotopic (exact) mass is 321 g/mol. The van der Waals surface area contributed by atoms with Crippen LogP contribution < -0.4 is 5.32 Å². The fourth-order valence-corrected chi connectivity index (χ4v) is 2.48. The van der Waals surface area contributed by atoms with Gasteiger partial charge in [-0.25, -0.2) is 4.39 Å². The quantitative estimate of drug-likeness (QED) is 0.830. The number of anilines is 1. The molecule has 0 unspecified atom stereocenters. The summed E-state index contributed by atoms with van der Waals surface area (Å²) in [5, 5.41) is 4.51. The Morgan fingerprint density at radius 1 is 1.27 bits per heavy atom. The molecule has 0 fully saturated rings. The first-order valence-corrected chi connectivity index (χ1v) is 7.71. The lowest BCUT2D eigenvalue weighted by atomic mass is 10.2. The highest BCUT2D eigenvalue weighted by molar-refractivity contribution is 7.09. The Kier molecular flexibility index (Phi) is 5.66. The number of thiophene rings is 1. The van der Waals surface area contributed by atoms with Gasteiger partial charge in [0.15, 0.2) is 6.10 Å². The van der Waals surface area contributed by atoms with Crippen LogP contribution in [-0.2, 0) is 20.7 Å². The number of benzene rings is 1. The van der Waals surface area contributed by atoms with Gasteiger partial charge in [-0.15, -0.1) is 11.3 Å². The molecule has 6 heteroatoms. The third-order valence-corrected chi connectivity index (χ3v) is 3.88. The maximum absolute atomic E-state index is 12.8. The van der Waals surface area contributed by atoms with Crippen LogP contribution in [0, 0.1) is 5.82 Å². The minimum atomic E-state index is -0.902. The van der Waals surface area contributed by atoms with Crippen molar-refractivity contribution in [3.63, 3.8) is 0 Å². The third kappa shape index (κ3) is 4.96. The van der Waals surface area contributed by atoms with E-state index < -0.39 is 18.0 Å². The molecule has 0 radical (unpaired) electrons. The maximum atomic E-state index is 12.8. The molecule has 0 spiro atoms. The molecule has 116 valence electrons. The second-order valence-electron chi connectivity index (χ2n) is 4.71. The topological polar surface area (TPSA) is 55.4 Å². The van der Waals surface area contributed by atoms with Gasteiger partial charge in [0.2, 0.25) is 0 Å². The molecular weight excluding hydrogens is 305 g/mol. The zero-order valence-electron chi connectivity index (χ0n) is 12.0. The Labute approximate surface area is 131 Å². The Morgan fingerprint density at radius 2 is 2.00 bits per heavy atom. The number of esters is 1. The predicted octanol–water partition coefficient (Wildman–Crippen LogP) is 3.39. The van der Waals surface area contributed by atoms with E-state index in [1.165, 1.54) is 31.2 Å². The Morgan fingerprint density at radius 3 is 2.64 bits per heavy atom. The number of aryl methyl sites for hydroxylation is 1. The summed E-state index contributed by atoms with van der Waals surface area (Å²) in [4.78, 5) is 24.7. The number of carbonyl (C=O) groups excluding carboxylic acids is 2. The number of hydrogen-bond donors (Lipinski definition) is 1. The van der Waals surface area contributed by atoms with Gasteiger partial charge < -0.3 is 10.1 Å². The van der Waals surface area contributed by atoms with Crippen molar-refractivity contribution in [3.05, 3.63) is 52.5 Å². The summed E-state index contributed by atoms with van der Waals surface area (Å²) in [6.07, 6.45) is -0.0711. The average Bonchev–Trinajstić information content (AvgIpc) is 3.01. The van der Waals surface area contributed by atoms with E-state index in [1.807, 2.05) is 17.5 Å². The molecule has 1 heterocycles. The van der Waals surface area contributed by atoms with E-state index in [0.29, 0.717) is 12.1 Å². The number of halogens is 1. The number of ether oxygens (including phenoxy) is 1. The lowest BCUT2D eigenvalue weighted by molar-refractivity contribution is -0.153. The van der Waals surface area contributed by atoms with E-state index in [1.54, 1.807) is 11.3 Å². The van der Waals surface area contributed by atoms with E-state index in [2.05, 4.69) is 5.32 Å². The van der Waals surface area contributed by atoms with Crippen molar-refractivity contribution in [3.8, 4) is 0 Å². The van der Waals surface area contributed by atoms with Crippen LogP contribution >= 0.6 is 11.3 Å². The number of amides is 1. The molecule has 22 heavy (non-hydrogen) atoms. The number of hydrogen-bond acceptors (Lipinski definition) is 4. The lowest BCUT2D eigenvalue weighted by Crippen LogP contribution is -2.30. The summed E-state index contributed by atoms with van der Waals surface area (Å²) in [6.45, 7) is 1.50. The number of rotatable bonds is 6. The summed E-state index contributed by atoms with van der Waals surface area (Å²) in [6, 6.07) is 9.24. The molecular formula is C16H16FNO3S. The Bertz CT molecular complexity index is 625. The Balaban J connectivity index is 1.77. The standard InChI is InChI=1S/C16H16FNO3S/c1-11(16(20)18-13-6-4-12(17)5-7-13)21-15(19)9-8-14-3-2-10-22-14/h2-7,10-11H,8-9H2,1H3,(H,18,20)/t11-/m1/s1. The minimum Gasteiger partial charge on any atom is -0.453 e. The summed E-state index contributed by atoms with van der Waals surface area (Å²) >= 11 is 1.58. The first-order chi connectivity index (χ1) is 10.5. The normalized spacial score (nSPS) is 11.7. The van der Waals surface area contributed by atoms with Gasteiger partial charge in [0, 0.05) is 10.6 Å². The second-order valence-corrected chi connectivity index (χ2v) is 5.74. The minimum absolute atomic E-state index is 0.231. The molecule has 1 N–H and O–H groups in total. The van der Waals surface area contributed by atoms with Crippen molar-refractivity contribution in [1.29, 1.82) is 0 Å². The molecule has 1 amide bonds. The highest BCUT2D eigenvalue weighted by Gasteiger charge is 2.17. The van der Waals surface area contributed by atoms with E-state index >= 15 is 0 Å². The number of nitrogens with one attached hydrogen (secondary N) is 1. The van der Waals surface area contributed by atoms with Crippen molar-refractivity contribution in [2.24, 2.45) is 0 Å². The molecule has 0 aliphatic rings. The van der Waals surface area contributed by atoms with Crippen LogP contribution in [0.25, 0.3) is 0 Å². The molecule has 0 aliphatic carbocycles. The molecule has 1 aromatic heterocycles. The third-order valence-electron chi connectivity index (χ3n) is 2.94. The molecule has 0 aliphatic heterocycles. The molecule has 2 rings (SSSR count). The van der Waals surface area contributed by atoms with Crippen molar-refractivity contribution < 1.29 is 18.7 Å². The van der Waals surface area contributed by atoms with E-state index in [4.69, 9.17) is 4.74 Å². The highest BCUT2D eigenvalue weighted by atomic mass is 32.1. The van der Waals surface area contributed by atoms with Crippen LogP contribution in [0.2, 0.25) is 0 Å². The van der Waals surface area contributed by atoms with Crippen molar-refractivity contribution in [1.82, 2.24) is 0 Å². The molecule has 0 saturated heterocycles. The Hall–Kier alpha value is -2.21. The lowest BCUT2D eigenvalue weighted by Gasteiger charge is -2.13. The molecule has 2 aromatic rings. The van der Waals surface area contributed by atoms with Gasteiger partial charge in [0.05, 0.1) is 6.42 Å².